The fraction of sp³-hybridized carbons (Fsp3) is 0.0926. The van der Waals surface area contributed by atoms with Gasteiger partial charge in [0.25, 0.3) is 0 Å². The number of nitrogens with zero attached hydrogens (tertiary/aromatic N) is 2. The third kappa shape index (κ3) is 5.64. The molecule has 8 aromatic rings. The summed E-state index contributed by atoms with van der Waals surface area (Å²) in [5.41, 5.74) is 21.9. The zero-order valence-corrected chi connectivity index (χ0v) is 31.6. The van der Waals surface area contributed by atoms with Crippen molar-refractivity contribution < 1.29 is 0 Å². The monoisotopic (exact) mass is 716 g/mol. The molecule has 0 heterocycles. The third-order valence-electron chi connectivity index (χ3n) is 12.0. The lowest BCUT2D eigenvalue weighted by molar-refractivity contribution is 0.660. The van der Waals surface area contributed by atoms with Crippen LogP contribution >= 0.6 is 0 Å². The Morgan fingerprint density at radius 2 is 0.839 bits per heavy atom. The van der Waals surface area contributed by atoms with Gasteiger partial charge in [0, 0.05) is 22.5 Å². The van der Waals surface area contributed by atoms with Crippen molar-refractivity contribution in [3.05, 3.63) is 221 Å². The predicted molar refractivity (Wildman–Crippen MR) is 232 cm³/mol. The maximum absolute atomic E-state index is 9.36. The van der Waals surface area contributed by atoms with Crippen LogP contribution in [0.1, 0.15) is 52.8 Å². The van der Waals surface area contributed by atoms with Gasteiger partial charge in [0.05, 0.1) is 11.6 Å². The molecule has 0 saturated carbocycles. The SMILES string of the molecule is CC1(C)c2ccccc2-c2ccc(N(c3ccc(-c4ccc(C#N)cc4)cc3)c3ccc4c(c3)Cc3ccccc3-c3ccccc3Cc3ccccc3-4)cc21. The van der Waals surface area contributed by atoms with Gasteiger partial charge in [-0.1, -0.05) is 147 Å². The van der Waals surface area contributed by atoms with Gasteiger partial charge in [-0.15, -0.1) is 0 Å². The number of hydrogen-bond donors (Lipinski definition) is 0. The Morgan fingerprint density at radius 3 is 1.43 bits per heavy atom. The van der Waals surface area contributed by atoms with Crippen LogP contribution in [-0.2, 0) is 18.3 Å². The molecule has 2 aliphatic rings. The predicted octanol–water partition coefficient (Wildman–Crippen LogP) is 13.8. The first kappa shape index (κ1) is 33.6. The van der Waals surface area contributed by atoms with Crippen LogP contribution < -0.4 is 4.90 Å². The quantitative estimate of drug-likeness (QED) is 0.181. The molecule has 10 rings (SSSR count). The molecule has 0 unspecified atom stereocenters. The summed E-state index contributed by atoms with van der Waals surface area (Å²) >= 11 is 0. The molecule has 0 radical (unpaired) electrons. The molecule has 0 spiro atoms. The molecule has 0 aromatic heterocycles. The van der Waals surface area contributed by atoms with Gasteiger partial charge in [-0.3, -0.25) is 0 Å². The van der Waals surface area contributed by atoms with Crippen LogP contribution in [0.4, 0.5) is 17.1 Å². The highest BCUT2D eigenvalue weighted by atomic mass is 15.1. The van der Waals surface area contributed by atoms with Crippen LogP contribution in [0.25, 0.3) is 44.5 Å². The van der Waals surface area contributed by atoms with E-state index in [4.69, 9.17) is 0 Å². The van der Waals surface area contributed by atoms with E-state index in [0.29, 0.717) is 5.56 Å². The summed E-state index contributed by atoms with van der Waals surface area (Å²) < 4.78 is 0. The summed E-state index contributed by atoms with van der Waals surface area (Å²) in [5.74, 6) is 0. The van der Waals surface area contributed by atoms with Crippen molar-refractivity contribution in [2.24, 2.45) is 0 Å². The molecule has 0 aliphatic heterocycles. The van der Waals surface area contributed by atoms with E-state index < -0.39 is 0 Å². The lowest BCUT2D eigenvalue weighted by Gasteiger charge is -2.29. The Balaban J connectivity index is 1.15. The zero-order chi connectivity index (χ0) is 37.8. The second-order valence-corrected chi connectivity index (χ2v) is 15.6. The van der Waals surface area contributed by atoms with Gasteiger partial charge in [0.2, 0.25) is 0 Å². The summed E-state index contributed by atoms with van der Waals surface area (Å²) in [5, 5.41) is 9.36. The highest BCUT2D eigenvalue weighted by molar-refractivity contribution is 5.87. The highest BCUT2D eigenvalue weighted by Crippen LogP contribution is 2.51. The molecule has 0 amide bonds. The van der Waals surface area contributed by atoms with Gasteiger partial charge >= 0.3 is 0 Å². The molecular weight excluding hydrogens is 677 g/mol. The van der Waals surface area contributed by atoms with E-state index >= 15 is 0 Å². The molecule has 0 N–H and O–H groups in total. The van der Waals surface area contributed by atoms with Crippen LogP contribution in [0, 0.1) is 11.3 Å². The van der Waals surface area contributed by atoms with E-state index in [1.54, 1.807) is 0 Å². The molecule has 266 valence electrons. The van der Waals surface area contributed by atoms with Gasteiger partial charge in [-0.2, -0.15) is 5.26 Å². The molecule has 0 saturated heterocycles. The van der Waals surface area contributed by atoms with Gasteiger partial charge in [0.1, 0.15) is 0 Å². The number of rotatable bonds is 4. The maximum Gasteiger partial charge on any atom is 0.0991 e. The average molecular weight is 717 g/mol. The lowest BCUT2D eigenvalue weighted by Crippen LogP contribution is -2.16. The second kappa shape index (κ2) is 13.4. The molecular formula is C54H40N2. The Bertz CT molecular complexity index is 2840. The minimum absolute atomic E-state index is 0.125. The van der Waals surface area contributed by atoms with Gasteiger partial charge in [-0.25, -0.2) is 0 Å². The Labute approximate surface area is 329 Å². The average Bonchev–Trinajstić information content (AvgIpc) is 3.47. The van der Waals surface area contributed by atoms with Gasteiger partial charge in [0.15, 0.2) is 0 Å². The zero-order valence-electron chi connectivity index (χ0n) is 31.6. The van der Waals surface area contributed by atoms with Crippen LogP contribution in [0.3, 0.4) is 0 Å². The molecule has 56 heavy (non-hydrogen) atoms. The van der Waals surface area contributed by atoms with Crippen molar-refractivity contribution in [2.45, 2.75) is 32.1 Å². The molecule has 2 nitrogen and oxygen atoms in total. The second-order valence-electron chi connectivity index (χ2n) is 15.6. The molecule has 2 aliphatic carbocycles. The van der Waals surface area contributed by atoms with Crippen molar-refractivity contribution >= 4 is 17.1 Å². The summed E-state index contributed by atoms with van der Waals surface area (Å²) in [7, 11) is 0. The molecule has 0 fully saturated rings. The van der Waals surface area contributed by atoms with Crippen LogP contribution in [-0.4, -0.2) is 0 Å². The molecule has 0 atom stereocenters. The molecule has 0 bridgehead atoms. The summed E-state index contributed by atoms with van der Waals surface area (Å²) in [4.78, 5) is 2.42. The smallest absolute Gasteiger partial charge is 0.0991 e. The number of nitriles is 1. The first-order valence-corrected chi connectivity index (χ1v) is 19.5. The van der Waals surface area contributed by atoms with Crippen LogP contribution in [0.2, 0.25) is 0 Å². The minimum Gasteiger partial charge on any atom is -0.310 e. The molecule has 8 aromatic carbocycles. The van der Waals surface area contributed by atoms with E-state index in [-0.39, 0.29) is 5.41 Å². The standard InChI is InChI=1S/C54H40N2/c1-54(2)52-18-10-9-17-50(52)51-30-28-45(34-53(51)54)56(43-25-23-38(24-26-43)37-21-19-36(35-55)20-22-37)44-27-29-49-42(33-44)32-41-13-5-7-15-47(41)46-14-6-3-11-39(46)31-40-12-4-8-16-48(40)49/h3-30,33-34H,31-32H2,1-2H3. The van der Waals surface area contributed by atoms with E-state index in [9.17, 15) is 5.26 Å². The van der Waals surface area contributed by atoms with Crippen LogP contribution in [0.5, 0.6) is 0 Å². The first-order valence-electron chi connectivity index (χ1n) is 19.5. The normalized spacial score (nSPS) is 13.2. The topological polar surface area (TPSA) is 27.0 Å². The van der Waals surface area contributed by atoms with E-state index in [1.807, 2.05) is 24.3 Å². The molecule has 2 heteroatoms. The number of hydrogen-bond acceptors (Lipinski definition) is 2. The van der Waals surface area contributed by atoms with Crippen molar-refractivity contribution in [3.63, 3.8) is 0 Å². The summed E-state index contributed by atoms with van der Waals surface area (Å²) in [6.45, 7) is 4.70. The van der Waals surface area contributed by atoms with Crippen molar-refractivity contribution in [1.29, 1.82) is 5.26 Å². The van der Waals surface area contributed by atoms with E-state index in [2.05, 4.69) is 183 Å². The van der Waals surface area contributed by atoms with E-state index in [1.165, 1.54) is 66.8 Å². The summed E-state index contributed by atoms with van der Waals surface area (Å²) in [6, 6.07) is 68.7. The maximum atomic E-state index is 9.36. The Hall–Kier alpha value is -6.95. The lowest BCUT2D eigenvalue weighted by atomic mass is 9.82. The largest absolute Gasteiger partial charge is 0.310 e. The Morgan fingerprint density at radius 1 is 0.411 bits per heavy atom. The van der Waals surface area contributed by atoms with E-state index in [0.717, 1.165) is 41.0 Å². The Kier molecular flexibility index (Phi) is 8.05. The fourth-order valence-corrected chi connectivity index (χ4v) is 9.17. The minimum atomic E-state index is -0.125. The fourth-order valence-electron chi connectivity index (χ4n) is 9.17. The first-order chi connectivity index (χ1) is 27.5. The van der Waals surface area contributed by atoms with Crippen molar-refractivity contribution in [3.8, 4) is 50.6 Å². The number of fused-ring (bicyclic) bond motifs is 9. The van der Waals surface area contributed by atoms with Gasteiger partial charge < -0.3 is 4.90 Å². The van der Waals surface area contributed by atoms with Crippen LogP contribution in [0.15, 0.2) is 182 Å². The third-order valence-corrected chi connectivity index (χ3v) is 12.0. The van der Waals surface area contributed by atoms with Gasteiger partial charge in [-0.05, 0) is 139 Å². The van der Waals surface area contributed by atoms with Crippen molar-refractivity contribution in [2.75, 3.05) is 4.90 Å². The van der Waals surface area contributed by atoms with Crippen molar-refractivity contribution in [1.82, 2.24) is 0 Å². The summed E-state index contributed by atoms with van der Waals surface area (Å²) in [6.07, 6.45) is 1.67. The number of anilines is 3. The highest BCUT2D eigenvalue weighted by Gasteiger charge is 2.35. The number of benzene rings is 8.